The van der Waals surface area contributed by atoms with Crippen molar-refractivity contribution in [2.24, 2.45) is 0 Å². The van der Waals surface area contributed by atoms with Crippen molar-refractivity contribution in [3.8, 4) is 22.5 Å². The maximum atomic E-state index is 13.6. The Balaban J connectivity index is 2.18. The summed E-state index contributed by atoms with van der Waals surface area (Å²) in [6.45, 7) is 0. The number of nitrogen functional groups attached to an aromatic ring is 1. The Labute approximate surface area is 142 Å². The lowest BCUT2D eigenvalue weighted by molar-refractivity contribution is 0.619. The molecule has 1 heterocycles. The molecule has 0 atom stereocenters. The number of benzene rings is 3. The molecule has 4 rings (SSSR count). The number of halogens is 2. The third-order valence-corrected chi connectivity index (χ3v) is 4.24. The summed E-state index contributed by atoms with van der Waals surface area (Å²) in [4.78, 5) is 0. The quantitative estimate of drug-likeness (QED) is 0.376. The minimum Gasteiger partial charge on any atom is -0.456 e. The molecule has 2 aliphatic rings. The highest BCUT2D eigenvalue weighted by atomic mass is 35.5. The Kier molecular flexibility index (Phi) is 3.28. The van der Waals surface area contributed by atoms with Crippen molar-refractivity contribution in [2.45, 2.75) is 0 Å². The first-order chi connectivity index (χ1) is 11.5. The molecule has 3 N–H and O–H groups in total. The van der Waals surface area contributed by atoms with Gasteiger partial charge in [-0.2, -0.15) is 0 Å². The van der Waals surface area contributed by atoms with Crippen LogP contribution in [0, 0.1) is 11.2 Å². The highest BCUT2D eigenvalue weighted by molar-refractivity contribution is 6.31. The van der Waals surface area contributed by atoms with Crippen LogP contribution in [0.15, 0.2) is 59.0 Å². The zero-order chi connectivity index (χ0) is 16.8. The maximum absolute atomic E-state index is 13.6. The largest absolute Gasteiger partial charge is 0.456 e. The van der Waals surface area contributed by atoms with Gasteiger partial charge in [-0.3, -0.25) is 0 Å². The third-order valence-electron chi connectivity index (χ3n) is 3.95. The molecule has 2 aromatic carbocycles. The third kappa shape index (κ3) is 2.32. The molecule has 24 heavy (non-hydrogen) atoms. The Bertz CT molecular complexity index is 1120. The van der Waals surface area contributed by atoms with Crippen LogP contribution in [0.3, 0.4) is 0 Å². The summed E-state index contributed by atoms with van der Waals surface area (Å²) in [5, 5.41) is 9.06. The lowest BCUT2D eigenvalue weighted by Gasteiger charge is -2.15. The molecule has 0 unspecified atom stereocenters. The van der Waals surface area contributed by atoms with E-state index in [9.17, 15) is 4.39 Å². The Morgan fingerprint density at radius 2 is 1.83 bits per heavy atom. The van der Waals surface area contributed by atoms with Gasteiger partial charge in [0.2, 0.25) is 0 Å². The van der Waals surface area contributed by atoms with E-state index in [2.05, 4.69) is 0 Å². The van der Waals surface area contributed by atoms with Crippen molar-refractivity contribution in [2.75, 3.05) is 5.73 Å². The molecular formula is C19H12ClFN2O. The van der Waals surface area contributed by atoms with Crippen LogP contribution in [-0.2, 0) is 0 Å². The zero-order valence-electron chi connectivity index (χ0n) is 12.4. The molecule has 0 aromatic heterocycles. The number of nitrogens with one attached hydrogen (secondary N) is 1. The van der Waals surface area contributed by atoms with Crippen LogP contribution in [0.25, 0.3) is 33.4 Å². The molecule has 0 spiro atoms. The van der Waals surface area contributed by atoms with Gasteiger partial charge in [-0.15, -0.1) is 0 Å². The molecule has 118 valence electrons. The van der Waals surface area contributed by atoms with E-state index >= 15 is 0 Å². The van der Waals surface area contributed by atoms with Crippen LogP contribution in [0.2, 0.25) is 5.02 Å². The summed E-state index contributed by atoms with van der Waals surface area (Å²) in [6, 6.07) is 15.2. The fourth-order valence-electron chi connectivity index (χ4n) is 2.87. The number of anilines is 1. The van der Waals surface area contributed by atoms with E-state index in [1.807, 2.05) is 12.1 Å². The smallest absolute Gasteiger partial charge is 0.141 e. The summed E-state index contributed by atoms with van der Waals surface area (Å²) in [5.74, 6) is 0.100. The molecular weight excluding hydrogens is 327 g/mol. The van der Waals surface area contributed by atoms with Crippen LogP contribution in [0.1, 0.15) is 0 Å². The second-order valence-electron chi connectivity index (χ2n) is 5.57. The fourth-order valence-corrected chi connectivity index (χ4v) is 3.05. The van der Waals surface area contributed by atoms with E-state index < -0.39 is 5.82 Å². The fraction of sp³-hybridized carbons (Fsp3) is 0. The van der Waals surface area contributed by atoms with Crippen LogP contribution < -0.4 is 11.1 Å². The molecule has 3 nitrogen and oxygen atoms in total. The predicted molar refractivity (Wildman–Crippen MR) is 93.5 cm³/mol. The van der Waals surface area contributed by atoms with Crippen molar-refractivity contribution in [3.63, 3.8) is 0 Å². The maximum Gasteiger partial charge on any atom is 0.141 e. The van der Waals surface area contributed by atoms with Gasteiger partial charge in [0.15, 0.2) is 0 Å². The van der Waals surface area contributed by atoms with E-state index in [1.54, 1.807) is 36.4 Å². The van der Waals surface area contributed by atoms with Crippen LogP contribution in [0.5, 0.6) is 0 Å². The molecule has 1 aliphatic carbocycles. The molecule has 0 fully saturated rings. The molecule has 0 saturated carbocycles. The van der Waals surface area contributed by atoms with Crippen LogP contribution in [0.4, 0.5) is 10.1 Å². The predicted octanol–water partition coefficient (Wildman–Crippen LogP) is 5.06. The zero-order valence-corrected chi connectivity index (χ0v) is 13.2. The lowest BCUT2D eigenvalue weighted by Crippen LogP contribution is -2.00. The van der Waals surface area contributed by atoms with E-state index in [-0.39, 0.29) is 5.02 Å². The second-order valence-corrected chi connectivity index (χ2v) is 5.98. The van der Waals surface area contributed by atoms with Gasteiger partial charge in [0, 0.05) is 34.3 Å². The van der Waals surface area contributed by atoms with Gasteiger partial charge in [0.05, 0.1) is 10.4 Å². The minimum atomic E-state index is -0.465. The Morgan fingerprint density at radius 1 is 1.00 bits per heavy atom. The van der Waals surface area contributed by atoms with Crippen LogP contribution >= 0.6 is 11.6 Å². The summed E-state index contributed by atoms with van der Waals surface area (Å²) in [5.41, 5.74) is 9.51. The molecule has 2 aromatic rings. The Morgan fingerprint density at radius 3 is 2.62 bits per heavy atom. The van der Waals surface area contributed by atoms with E-state index in [0.29, 0.717) is 22.4 Å². The topological polar surface area (TPSA) is 63.0 Å². The summed E-state index contributed by atoms with van der Waals surface area (Å²) < 4.78 is 19.5. The van der Waals surface area contributed by atoms with Gasteiger partial charge < -0.3 is 15.6 Å². The summed E-state index contributed by atoms with van der Waals surface area (Å²) >= 11 is 5.97. The normalized spacial score (nSPS) is 11.2. The van der Waals surface area contributed by atoms with Crippen molar-refractivity contribution >= 4 is 28.3 Å². The summed E-state index contributed by atoms with van der Waals surface area (Å²) in [7, 11) is 0. The number of hydrogen-bond acceptors (Lipinski definition) is 3. The summed E-state index contributed by atoms with van der Waals surface area (Å²) in [6.07, 6.45) is 0. The average molecular weight is 339 g/mol. The van der Waals surface area contributed by atoms with E-state index in [4.69, 9.17) is 27.2 Å². The Hall–Kier alpha value is -2.85. The number of fused-ring (bicyclic) bond motifs is 2. The first-order valence-electron chi connectivity index (χ1n) is 7.29. The standard InChI is InChI=1S/C19H12ClFN2O/c20-15-7-10(1-6-16(15)21)19-13-4-2-11(22)8-17(13)24-18-9-12(23)3-5-14(18)19/h1-9,22H,23H2. The van der Waals surface area contributed by atoms with Crippen molar-refractivity contribution in [1.29, 1.82) is 5.41 Å². The van der Waals surface area contributed by atoms with Crippen molar-refractivity contribution in [3.05, 3.63) is 70.8 Å². The second kappa shape index (κ2) is 5.35. The number of rotatable bonds is 1. The molecule has 1 aliphatic heterocycles. The first-order valence-corrected chi connectivity index (χ1v) is 7.67. The van der Waals surface area contributed by atoms with Crippen LogP contribution in [-0.4, -0.2) is 0 Å². The molecule has 0 saturated heterocycles. The highest BCUT2D eigenvalue weighted by Crippen LogP contribution is 2.40. The average Bonchev–Trinajstić information content (AvgIpc) is 2.55. The van der Waals surface area contributed by atoms with Crippen molar-refractivity contribution < 1.29 is 8.81 Å². The highest BCUT2D eigenvalue weighted by Gasteiger charge is 2.17. The van der Waals surface area contributed by atoms with Crippen molar-refractivity contribution in [1.82, 2.24) is 0 Å². The van der Waals surface area contributed by atoms with Gasteiger partial charge in [0.1, 0.15) is 17.2 Å². The van der Waals surface area contributed by atoms with Gasteiger partial charge in [-0.25, -0.2) is 4.39 Å². The number of hydrogen-bond donors (Lipinski definition) is 2. The van der Waals surface area contributed by atoms with Gasteiger partial charge >= 0.3 is 0 Å². The minimum absolute atomic E-state index is 0.0575. The monoisotopic (exact) mass is 338 g/mol. The lowest BCUT2D eigenvalue weighted by atomic mass is 9.93. The SMILES string of the molecule is N=c1ccc2c(-c3ccc(F)c(Cl)c3)c3ccc(N)cc3oc-2c1. The molecule has 0 radical (unpaired) electrons. The van der Waals surface area contributed by atoms with E-state index in [1.165, 1.54) is 6.07 Å². The first kappa shape index (κ1) is 14.7. The van der Waals surface area contributed by atoms with Gasteiger partial charge in [-0.05, 0) is 42.0 Å². The molecule has 0 amide bonds. The number of nitrogens with two attached hydrogens (primary N) is 1. The molecule has 5 heteroatoms. The van der Waals surface area contributed by atoms with E-state index in [0.717, 1.165) is 22.1 Å². The van der Waals surface area contributed by atoms with Gasteiger partial charge in [-0.1, -0.05) is 17.7 Å². The molecule has 0 bridgehead atoms. The van der Waals surface area contributed by atoms with Gasteiger partial charge in [0.25, 0.3) is 0 Å².